The van der Waals surface area contributed by atoms with E-state index in [0.29, 0.717) is 22.5 Å². The first-order valence-corrected chi connectivity index (χ1v) is 11.9. The summed E-state index contributed by atoms with van der Waals surface area (Å²) in [4.78, 5) is 28.3. The first-order valence-electron chi connectivity index (χ1n) is 11.9. The second kappa shape index (κ2) is 10.4. The third-order valence-electron chi connectivity index (χ3n) is 6.30. The maximum Gasteiger partial charge on any atom is 0.352 e. The highest BCUT2D eigenvalue weighted by atomic mass is 19.3. The van der Waals surface area contributed by atoms with Crippen LogP contribution in [0.2, 0.25) is 0 Å². The Morgan fingerprint density at radius 1 is 0.861 bits per heavy atom. The molecular weight excluding hydrogens is 480 g/mol. The van der Waals surface area contributed by atoms with E-state index in [0.717, 1.165) is 0 Å². The maximum absolute atomic E-state index is 13.5. The smallest absolute Gasteiger partial charge is 0.352 e. The van der Waals surface area contributed by atoms with Crippen LogP contribution in [0.5, 0.6) is 0 Å². The number of nitrogens with zero attached hydrogens (tertiary/aromatic N) is 2. The molecule has 2 heterocycles. The number of halogens is 4. The van der Waals surface area contributed by atoms with Crippen molar-refractivity contribution in [2.75, 3.05) is 42.6 Å². The minimum absolute atomic E-state index is 0.0881. The summed E-state index contributed by atoms with van der Waals surface area (Å²) in [6, 6.07) is 13.0. The van der Waals surface area contributed by atoms with Crippen molar-refractivity contribution in [2.24, 2.45) is 0 Å². The molecule has 0 aliphatic carbocycles. The van der Waals surface area contributed by atoms with E-state index >= 15 is 0 Å². The number of rotatable bonds is 8. The lowest BCUT2D eigenvalue weighted by Crippen LogP contribution is -2.25. The minimum Gasteiger partial charge on any atom is -0.463 e. The summed E-state index contributed by atoms with van der Waals surface area (Å²) in [5.41, 5.74) is 2.19. The molecule has 10 heteroatoms. The van der Waals surface area contributed by atoms with Gasteiger partial charge in [0, 0.05) is 42.9 Å². The molecule has 2 saturated heterocycles. The van der Waals surface area contributed by atoms with Crippen molar-refractivity contribution >= 4 is 23.3 Å². The number of benzene rings is 2. The van der Waals surface area contributed by atoms with E-state index in [-0.39, 0.29) is 52.0 Å². The van der Waals surface area contributed by atoms with Crippen molar-refractivity contribution in [3.63, 3.8) is 0 Å². The molecule has 1 unspecified atom stereocenters. The van der Waals surface area contributed by atoms with E-state index < -0.39 is 29.9 Å². The number of alkyl halides is 4. The Morgan fingerprint density at radius 3 is 1.81 bits per heavy atom. The number of esters is 2. The van der Waals surface area contributed by atoms with Gasteiger partial charge in [-0.2, -0.15) is 0 Å². The molecule has 2 aromatic rings. The van der Waals surface area contributed by atoms with Crippen molar-refractivity contribution in [2.45, 2.75) is 44.1 Å². The van der Waals surface area contributed by atoms with Gasteiger partial charge >= 0.3 is 11.9 Å². The van der Waals surface area contributed by atoms with E-state index in [2.05, 4.69) is 0 Å². The van der Waals surface area contributed by atoms with Crippen LogP contribution in [0, 0.1) is 0 Å². The van der Waals surface area contributed by atoms with Gasteiger partial charge in [0.15, 0.2) is 0 Å². The Labute approximate surface area is 206 Å². The highest BCUT2D eigenvalue weighted by molar-refractivity contribution is 5.82. The van der Waals surface area contributed by atoms with Crippen LogP contribution in [0.1, 0.15) is 37.0 Å². The fourth-order valence-corrected chi connectivity index (χ4v) is 4.41. The first-order chi connectivity index (χ1) is 17.0. The monoisotopic (exact) mass is 508 g/mol. The van der Waals surface area contributed by atoms with Crippen LogP contribution in [-0.2, 0) is 25.5 Å². The third kappa shape index (κ3) is 6.27. The van der Waals surface area contributed by atoms with Crippen molar-refractivity contribution < 1.29 is 36.6 Å². The van der Waals surface area contributed by atoms with Crippen LogP contribution >= 0.6 is 0 Å². The van der Waals surface area contributed by atoms with E-state index in [1.54, 1.807) is 65.3 Å². The summed E-state index contributed by atoms with van der Waals surface area (Å²) in [6.07, 6.45) is -1.85. The van der Waals surface area contributed by atoms with Gasteiger partial charge in [-0.1, -0.05) is 24.3 Å². The average molecular weight is 509 g/mol. The molecule has 0 amide bonds. The van der Waals surface area contributed by atoms with Gasteiger partial charge in [0.05, 0.1) is 26.1 Å². The molecule has 2 fully saturated rings. The molecule has 2 aliphatic rings. The van der Waals surface area contributed by atoms with Gasteiger partial charge in [-0.25, -0.2) is 22.4 Å². The molecule has 6 nitrogen and oxygen atoms in total. The molecule has 0 saturated carbocycles. The normalized spacial score (nSPS) is 19.2. The molecule has 2 aliphatic heterocycles. The van der Waals surface area contributed by atoms with Gasteiger partial charge in [0.1, 0.15) is 0 Å². The van der Waals surface area contributed by atoms with Crippen LogP contribution in [0.15, 0.2) is 48.5 Å². The zero-order valence-corrected chi connectivity index (χ0v) is 19.9. The summed E-state index contributed by atoms with van der Waals surface area (Å²) in [5.74, 6) is -6.85. The molecule has 0 spiro atoms. The predicted molar refractivity (Wildman–Crippen MR) is 126 cm³/mol. The molecule has 0 aromatic heterocycles. The Balaban J connectivity index is 1.40. The van der Waals surface area contributed by atoms with Gasteiger partial charge in [-0.15, -0.1) is 0 Å². The van der Waals surface area contributed by atoms with Crippen molar-refractivity contribution in [1.82, 2.24) is 0 Å². The molecule has 0 bridgehead atoms. The number of hydrogen-bond acceptors (Lipinski definition) is 6. The zero-order valence-electron chi connectivity index (χ0n) is 19.9. The largest absolute Gasteiger partial charge is 0.463 e. The lowest BCUT2D eigenvalue weighted by atomic mass is 10.1. The van der Waals surface area contributed by atoms with Gasteiger partial charge < -0.3 is 19.3 Å². The highest BCUT2D eigenvalue weighted by Gasteiger charge is 2.39. The molecule has 2 aromatic carbocycles. The summed E-state index contributed by atoms with van der Waals surface area (Å²) in [5, 5.41) is 0. The van der Waals surface area contributed by atoms with Crippen LogP contribution in [-0.4, -0.2) is 56.6 Å². The quantitative estimate of drug-likeness (QED) is 0.378. The lowest BCUT2D eigenvalue weighted by Gasteiger charge is -2.21. The zero-order chi connectivity index (χ0) is 25.9. The predicted octanol–water partition coefficient (Wildman–Crippen LogP) is 4.77. The van der Waals surface area contributed by atoms with Gasteiger partial charge in [0.2, 0.25) is 6.10 Å². The SMILES string of the molecule is CCOC(=O)C(OC(=O)Cc1ccc(N2CCC(F)(F)C2)cc1)c1ccc(N2CCC(F)(F)C2)cc1. The maximum atomic E-state index is 13.5. The average Bonchev–Trinajstić information content (AvgIpc) is 3.39. The van der Waals surface area contributed by atoms with E-state index in [1.165, 1.54) is 0 Å². The Morgan fingerprint density at radius 2 is 1.36 bits per heavy atom. The van der Waals surface area contributed by atoms with Gasteiger partial charge in [-0.3, -0.25) is 4.79 Å². The Bertz CT molecular complexity index is 1080. The van der Waals surface area contributed by atoms with Crippen LogP contribution in [0.3, 0.4) is 0 Å². The summed E-state index contributed by atoms with van der Waals surface area (Å²) < 4.78 is 64.5. The number of ether oxygens (including phenoxy) is 2. The Kier molecular flexibility index (Phi) is 7.42. The summed E-state index contributed by atoms with van der Waals surface area (Å²) >= 11 is 0. The lowest BCUT2D eigenvalue weighted by molar-refractivity contribution is -0.167. The molecule has 4 rings (SSSR count). The molecular formula is C26H28F4N2O4. The van der Waals surface area contributed by atoms with E-state index in [9.17, 15) is 27.2 Å². The van der Waals surface area contributed by atoms with Gasteiger partial charge in [-0.05, 0) is 36.8 Å². The van der Waals surface area contributed by atoms with Gasteiger partial charge in [0.25, 0.3) is 11.8 Å². The van der Waals surface area contributed by atoms with E-state index in [4.69, 9.17) is 9.47 Å². The fraction of sp³-hybridized carbons (Fsp3) is 0.462. The second-order valence-corrected chi connectivity index (χ2v) is 9.11. The van der Waals surface area contributed by atoms with Crippen molar-refractivity contribution in [1.29, 1.82) is 0 Å². The molecule has 0 radical (unpaired) electrons. The van der Waals surface area contributed by atoms with Crippen molar-refractivity contribution in [3.05, 3.63) is 59.7 Å². The number of carbonyl (C=O) groups excluding carboxylic acids is 2. The minimum atomic E-state index is -2.74. The van der Waals surface area contributed by atoms with Crippen LogP contribution in [0.25, 0.3) is 0 Å². The number of hydrogen-bond donors (Lipinski definition) is 0. The second-order valence-electron chi connectivity index (χ2n) is 9.11. The fourth-order valence-electron chi connectivity index (χ4n) is 4.41. The number of anilines is 2. The topological polar surface area (TPSA) is 59.1 Å². The third-order valence-corrected chi connectivity index (χ3v) is 6.30. The molecule has 194 valence electrons. The summed E-state index contributed by atoms with van der Waals surface area (Å²) in [6.45, 7) is 1.49. The summed E-state index contributed by atoms with van der Waals surface area (Å²) in [7, 11) is 0. The highest BCUT2D eigenvalue weighted by Crippen LogP contribution is 2.33. The number of carbonyl (C=O) groups is 2. The molecule has 1 atom stereocenters. The molecule has 0 N–H and O–H groups in total. The van der Waals surface area contributed by atoms with E-state index in [1.807, 2.05) is 0 Å². The molecule has 36 heavy (non-hydrogen) atoms. The Hall–Kier alpha value is -3.30. The van der Waals surface area contributed by atoms with Crippen LogP contribution in [0.4, 0.5) is 28.9 Å². The standard InChI is InChI=1S/C26H28F4N2O4/c1-2-35-24(34)23(19-5-9-21(10-6-19)32-14-12-26(29,30)17-32)36-22(33)15-18-3-7-20(8-4-18)31-13-11-25(27,28)16-31/h3-10,23H,2,11-17H2,1H3. The van der Waals surface area contributed by atoms with Crippen molar-refractivity contribution in [3.8, 4) is 0 Å². The first kappa shape index (κ1) is 25.8. The van der Waals surface area contributed by atoms with Crippen LogP contribution < -0.4 is 9.80 Å².